The van der Waals surface area contributed by atoms with E-state index in [2.05, 4.69) is 15.8 Å². The van der Waals surface area contributed by atoms with Crippen LogP contribution in [0.4, 0.5) is 11.4 Å². The van der Waals surface area contributed by atoms with Crippen molar-refractivity contribution in [1.29, 1.82) is 0 Å². The number of hydrogen-bond donors (Lipinski definition) is 2. The van der Waals surface area contributed by atoms with E-state index in [4.69, 9.17) is 4.74 Å². The highest BCUT2D eigenvalue weighted by Crippen LogP contribution is 2.31. The zero-order valence-corrected chi connectivity index (χ0v) is 15.6. The van der Waals surface area contributed by atoms with Crippen molar-refractivity contribution in [3.8, 4) is 5.75 Å². The fourth-order valence-electron chi connectivity index (χ4n) is 2.74. The van der Waals surface area contributed by atoms with Crippen LogP contribution in [0, 0.1) is 0 Å². The zero-order valence-electron chi connectivity index (χ0n) is 15.6. The number of hydrogen-bond acceptors (Lipinski definition) is 5. The summed E-state index contributed by atoms with van der Waals surface area (Å²) in [6.45, 7) is 2.89. The molecule has 0 bridgehead atoms. The third kappa shape index (κ3) is 4.53. The number of carbonyl (C=O) groups excluding carboxylic acids is 3. The molecule has 0 aromatic heterocycles. The average Bonchev–Trinajstić information content (AvgIpc) is 2.68. The molecule has 0 saturated heterocycles. The van der Waals surface area contributed by atoms with E-state index in [9.17, 15) is 14.4 Å². The Balaban J connectivity index is 1.67. The second-order valence-electron chi connectivity index (χ2n) is 6.23. The molecule has 0 atom stereocenters. The summed E-state index contributed by atoms with van der Waals surface area (Å²) in [5.41, 5.74) is 4.97. The molecule has 0 fully saturated rings. The van der Waals surface area contributed by atoms with E-state index >= 15 is 0 Å². The molecule has 1 heterocycles. The normalized spacial score (nSPS) is 13.4. The summed E-state index contributed by atoms with van der Waals surface area (Å²) in [7, 11) is 0. The van der Waals surface area contributed by atoms with Crippen molar-refractivity contribution >= 4 is 34.8 Å². The van der Waals surface area contributed by atoms with Crippen molar-refractivity contribution in [2.45, 2.75) is 13.8 Å². The van der Waals surface area contributed by atoms with Gasteiger partial charge in [0.1, 0.15) is 12.3 Å². The fraction of sp³-hybridized carbons (Fsp3) is 0.200. The predicted octanol–water partition coefficient (Wildman–Crippen LogP) is 1.91. The molecule has 0 spiro atoms. The molecular weight excluding hydrogens is 360 g/mol. The molecule has 3 rings (SSSR count). The Morgan fingerprint density at radius 1 is 1.14 bits per heavy atom. The highest BCUT2D eigenvalue weighted by molar-refractivity contribution is 6.03. The number of rotatable bonds is 5. The van der Waals surface area contributed by atoms with E-state index in [1.54, 1.807) is 49.4 Å². The number of amides is 3. The maximum Gasteiger partial charge on any atom is 0.265 e. The Morgan fingerprint density at radius 2 is 1.93 bits per heavy atom. The number of nitrogens with one attached hydrogen (secondary N) is 2. The summed E-state index contributed by atoms with van der Waals surface area (Å²) in [5.74, 6) is -0.333. The number of ether oxygens (including phenoxy) is 1. The summed E-state index contributed by atoms with van der Waals surface area (Å²) in [4.78, 5) is 37.0. The van der Waals surface area contributed by atoms with Gasteiger partial charge in [0.25, 0.3) is 11.8 Å². The summed E-state index contributed by atoms with van der Waals surface area (Å²) in [6.07, 6.45) is 0. The van der Waals surface area contributed by atoms with Gasteiger partial charge in [0, 0.05) is 12.6 Å². The number of carbonyl (C=O) groups is 3. The summed E-state index contributed by atoms with van der Waals surface area (Å²) in [6, 6.07) is 14.2. The molecule has 2 aromatic rings. The minimum Gasteiger partial charge on any atom is -0.482 e. The lowest BCUT2D eigenvalue weighted by Gasteiger charge is -2.28. The second kappa shape index (κ2) is 8.34. The number of benzene rings is 2. The Bertz CT molecular complexity index is 955. The van der Waals surface area contributed by atoms with Gasteiger partial charge in [0.05, 0.1) is 11.4 Å². The quantitative estimate of drug-likeness (QED) is 0.611. The van der Waals surface area contributed by atoms with Gasteiger partial charge in [-0.1, -0.05) is 24.3 Å². The van der Waals surface area contributed by atoms with Gasteiger partial charge in [0.2, 0.25) is 5.91 Å². The lowest BCUT2D eigenvalue weighted by molar-refractivity contribution is -0.125. The van der Waals surface area contributed by atoms with Gasteiger partial charge in [-0.2, -0.15) is 5.10 Å². The van der Waals surface area contributed by atoms with Gasteiger partial charge in [-0.3, -0.25) is 19.3 Å². The standard InChI is InChI=1S/C20H20N4O4/c1-13(15-6-5-7-16(10-15)21-14(2)25)22-23-19(26)11-24-17-8-3-4-9-18(17)28-12-20(24)27/h3-10H,11-12H2,1-2H3,(H,21,25)(H,23,26)/b22-13-. The van der Waals surface area contributed by atoms with Crippen LogP contribution in [-0.2, 0) is 14.4 Å². The van der Waals surface area contributed by atoms with Crippen LogP contribution >= 0.6 is 0 Å². The first-order valence-corrected chi connectivity index (χ1v) is 8.67. The maximum atomic E-state index is 12.3. The van der Waals surface area contributed by atoms with E-state index in [-0.39, 0.29) is 25.0 Å². The van der Waals surface area contributed by atoms with Crippen molar-refractivity contribution in [2.24, 2.45) is 5.10 Å². The van der Waals surface area contributed by atoms with Crippen molar-refractivity contribution < 1.29 is 19.1 Å². The maximum absolute atomic E-state index is 12.3. The molecule has 1 aliphatic rings. The molecular formula is C20H20N4O4. The summed E-state index contributed by atoms with van der Waals surface area (Å²) in [5, 5.41) is 6.79. The van der Waals surface area contributed by atoms with Gasteiger partial charge < -0.3 is 10.1 Å². The van der Waals surface area contributed by atoms with Gasteiger partial charge in [-0.15, -0.1) is 0 Å². The summed E-state index contributed by atoms with van der Waals surface area (Å²) >= 11 is 0. The molecule has 8 heteroatoms. The number of anilines is 2. The van der Waals surface area contributed by atoms with E-state index in [1.165, 1.54) is 11.8 Å². The minimum atomic E-state index is -0.428. The van der Waals surface area contributed by atoms with Crippen LogP contribution in [0.2, 0.25) is 0 Å². The molecule has 2 N–H and O–H groups in total. The second-order valence-corrected chi connectivity index (χ2v) is 6.23. The highest BCUT2D eigenvalue weighted by Gasteiger charge is 2.26. The van der Waals surface area contributed by atoms with Crippen LogP contribution < -0.4 is 20.4 Å². The van der Waals surface area contributed by atoms with Gasteiger partial charge in [-0.05, 0) is 36.8 Å². The molecule has 0 aliphatic carbocycles. The highest BCUT2D eigenvalue weighted by atomic mass is 16.5. The van der Waals surface area contributed by atoms with Crippen LogP contribution in [0.1, 0.15) is 19.4 Å². The fourth-order valence-corrected chi connectivity index (χ4v) is 2.74. The van der Waals surface area contributed by atoms with E-state index in [0.29, 0.717) is 22.8 Å². The lowest BCUT2D eigenvalue weighted by Crippen LogP contribution is -2.44. The monoisotopic (exact) mass is 380 g/mol. The molecule has 8 nitrogen and oxygen atoms in total. The topological polar surface area (TPSA) is 100 Å². The molecule has 2 aromatic carbocycles. The average molecular weight is 380 g/mol. The SMILES string of the molecule is CC(=O)Nc1cccc(/C(C)=N\NC(=O)CN2C(=O)COc3ccccc32)c1. The van der Waals surface area contributed by atoms with Crippen LogP contribution in [0.25, 0.3) is 0 Å². The largest absolute Gasteiger partial charge is 0.482 e. The van der Waals surface area contributed by atoms with E-state index in [0.717, 1.165) is 5.56 Å². The van der Waals surface area contributed by atoms with Crippen molar-refractivity contribution in [3.63, 3.8) is 0 Å². The number of para-hydroxylation sites is 2. The first-order chi connectivity index (χ1) is 13.4. The van der Waals surface area contributed by atoms with E-state index in [1.807, 2.05) is 6.07 Å². The number of hydrazone groups is 1. The molecule has 1 aliphatic heterocycles. The number of nitrogens with zero attached hydrogens (tertiary/aromatic N) is 2. The Hall–Kier alpha value is -3.68. The molecule has 28 heavy (non-hydrogen) atoms. The number of fused-ring (bicyclic) bond motifs is 1. The van der Waals surface area contributed by atoms with Crippen molar-refractivity contribution in [2.75, 3.05) is 23.4 Å². The molecule has 0 unspecified atom stereocenters. The predicted molar refractivity (Wildman–Crippen MR) is 105 cm³/mol. The first-order valence-electron chi connectivity index (χ1n) is 8.67. The minimum absolute atomic E-state index is 0.109. The Labute approximate surface area is 162 Å². The summed E-state index contributed by atoms with van der Waals surface area (Å²) < 4.78 is 5.36. The van der Waals surface area contributed by atoms with Crippen LogP contribution in [0.5, 0.6) is 5.75 Å². The lowest BCUT2D eigenvalue weighted by atomic mass is 10.1. The molecule has 144 valence electrons. The molecule has 3 amide bonds. The van der Waals surface area contributed by atoms with Gasteiger partial charge in [-0.25, -0.2) is 5.43 Å². The third-order valence-corrected chi connectivity index (χ3v) is 4.06. The zero-order chi connectivity index (χ0) is 20.1. The van der Waals surface area contributed by atoms with Gasteiger partial charge >= 0.3 is 0 Å². The van der Waals surface area contributed by atoms with Crippen LogP contribution in [-0.4, -0.2) is 36.6 Å². The van der Waals surface area contributed by atoms with Crippen molar-refractivity contribution in [1.82, 2.24) is 5.43 Å². The first kappa shape index (κ1) is 19.1. The van der Waals surface area contributed by atoms with Gasteiger partial charge in [0.15, 0.2) is 6.61 Å². The van der Waals surface area contributed by atoms with Crippen LogP contribution in [0.3, 0.4) is 0 Å². The van der Waals surface area contributed by atoms with Crippen molar-refractivity contribution in [3.05, 3.63) is 54.1 Å². The molecule has 0 saturated carbocycles. The Morgan fingerprint density at radius 3 is 2.71 bits per heavy atom. The Kier molecular flexibility index (Phi) is 5.69. The third-order valence-electron chi connectivity index (χ3n) is 4.06. The molecule has 0 radical (unpaired) electrons. The van der Waals surface area contributed by atoms with Crippen LogP contribution in [0.15, 0.2) is 53.6 Å². The van der Waals surface area contributed by atoms with E-state index < -0.39 is 5.91 Å². The smallest absolute Gasteiger partial charge is 0.265 e.